The Morgan fingerprint density at radius 3 is 2.39 bits per heavy atom. The molecule has 1 saturated heterocycles. The lowest BCUT2D eigenvalue weighted by Crippen LogP contribution is -2.38. The third kappa shape index (κ3) is 2.86. The maximum Gasteiger partial charge on any atom is 0.120 e. The number of phenolic OH excluding ortho intramolecular Hbond substituents is 1. The molecule has 0 bridgehead atoms. The molecule has 0 amide bonds. The van der Waals surface area contributed by atoms with Gasteiger partial charge in [-0.1, -0.05) is 26.0 Å². The minimum atomic E-state index is 0.307. The van der Waals surface area contributed by atoms with Crippen LogP contribution in [0.15, 0.2) is 18.2 Å². The molecule has 0 spiro atoms. The summed E-state index contributed by atoms with van der Waals surface area (Å²) in [5, 5.41) is 10.1. The van der Waals surface area contributed by atoms with Crippen molar-refractivity contribution in [1.29, 1.82) is 0 Å². The Bertz CT molecular complexity index is 415. The van der Waals surface area contributed by atoms with E-state index < -0.39 is 0 Å². The van der Waals surface area contributed by atoms with Gasteiger partial charge in [-0.05, 0) is 56.8 Å². The van der Waals surface area contributed by atoms with Crippen molar-refractivity contribution in [1.82, 2.24) is 4.90 Å². The van der Waals surface area contributed by atoms with E-state index in [2.05, 4.69) is 37.8 Å². The summed E-state index contributed by atoms with van der Waals surface area (Å²) >= 11 is 0. The molecule has 0 saturated carbocycles. The average Bonchev–Trinajstić information content (AvgIpc) is 2.28. The number of aromatic hydroxyl groups is 1. The van der Waals surface area contributed by atoms with Gasteiger partial charge in [-0.25, -0.2) is 0 Å². The van der Waals surface area contributed by atoms with Gasteiger partial charge in [0.2, 0.25) is 0 Å². The molecule has 0 aromatic heterocycles. The van der Waals surface area contributed by atoms with Crippen molar-refractivity contribution in [2.24, 2.45) is 5.41 Å². The summed E-state index contributed by atoms with van der Waals surface area (Å²) in [5.74, 6) is 0.437. The number of piperidine rings is 1. The normalized spacial score (nSPS) is 21.8. The molecule has 0 aliphatic carbocycles. The van der Waals surface area contributed by atoms with Crippen LogP contribution in [0.5, 0.6) is 5.75 Å². The quantitative estimate of drug-likeness (QED) is 0.857. The number of benzene rings is 1. The number of hydrogen-bond acceptors (Lipinski definition) is 2. The molecule has 1 aliphatic heterocycles. The van der Waals surface area contributed by atoms with Crippen LogP contribution in [0.1, 0.15) is 50.8 Å². The van der Waals surface area contributed by atoms with Gasteiger partial charge in [0.1, 0.15) is 5.75 Å². The van der Waals surface area contributed by atoms with E-state index in [0.29, 0.717) is 17.2 Å². The standard InChI is InChI=1S/C16H25NO/c1-12-5-6-14(15(18)11-12)13(2)17-9-7-16(3,4)8-10-17/h5-6,11,13,18H,7-10H2,1-4H3. The molecular weight excluding hydrogens is 222 g/mol. The highest BCUT2D eigenvalue weighted by Crippen LogP contribution is 2.36. The second-order valence-corrected chi connectivity index (χ2v) is 6.44. The molecule has 1 aliphatic rings. The van der Waals surface area contributed by atoms with Gasteiger partial charge in [-0.3, -0.25) is 4.90 Å². The van der Waals surface area contributed by atoms with Crippen LogP contribution in [0.4, 0.5) is 0 Å². The third-order valence-electron chi connectivity index (χ3n) is 4.34. The topological polar surface area (TPSA) is 23.5 Å². The summed E-state index contributed by atoms with van der Waals surface area (Å²) in [4.78, 5) is 2.48. The number of nitrogens with zero attached hydrogens (tertiary/aromatic N) is 1. The van der Waals surface area contributed by atoms with E-state index in [1.54, 1.807) is 0 Å². The second-order valence-electron chi connectivity index (χ2n) is 6.44. The molecule has 0 radical (unpaired) electrons. The lowest BCUT2D eigenvalue weighted by Gasteiger charge is -2.40. The van der Waals surface area contributed by atoms with Gasteiger partial charge < -0.3 is 5.11 Å². The van der Waals surface area contributed by atoms with Crippen LogP contribution in [0.25, 0.3) is 0 Å². The third-order valence-corrected chi connectivity index (χ3v) is 4.34. The Balaban J connectivity index is 2.10. The van der Waals surface area contributed by atoms with Gasteiger partial charge in [0.05, 0.1) is 0 Å². The van der Waals surface area contributed by atoms with E-state index in [0.717, 1.165) is 24.2 Å². The Morgan fingerprint density at radius 1 is 1.22 bits per heavy atom. The van der Waals surface area contributed by atoms with Crippen LogP contribution in [0.2, 0.25) is 0 Å². The van der Waals surface area contributed by atoms with Crippen LogP contribution in [0.3, 0.4) is 0 Å². The SMILES string of the molecule is Cc1ccc(C(C)N2CCC(C)(C)CC2)c(O)c1. The van der Waals surface area contributed by atoms with Crippen LogP contribution < -0.4 is 0 Å². The Hall–Kier alpha value is -1.02. The van der Waals surface area contributed by atoms with Crippen LogP contribution in [-0.2, 0) is 0 Å². The first-order valence-electron chi connectivity index (χ1n) is 6.93. The lowest BCUT2D eigenvalue weighted by atomic mass is 9.82. The van der Waals surface area contributed by atoms with E-state index in [-0.39, 0.29) is 0 Å². The van der Waals surface area contributed by atoms with Crippen molar-refractivity contribution in [3.8, 4) is 5.75 Å². The molecule has 100 valence electrons. The summed E-state index contributed by atoms with van der Waals surface area (Å²) in [6.45, 7) is 11.2. The largest absolute Gasteiger partial charge is 0.508 e. The zero-order valence-corrected chi connectivity index (χ0v) is 12.0. The fraction of sp³-hybridized carbons (Fsp3) is 0.625. The predicted molar refractivity (Wildman–Crippen MR) is 75.8 cm³/mol. The molecule has 1 unspecified atom stereocenters. The van der Waals surface area contributed by atoms with E-state index in [1.165, 1.54) is 12.8 Å². The molecule has 2 heteroatoms. The fourth-order valence-electron chi connectivity index (χ4n) is 2.72. The average molecular weight is 247 g/mol. The number of likely N-dealkylation sites (tertiary alicyclic amines) is 1. The number of aryl methyl sites for hydroxylation is 1. The summed E-state index contributed by atoms with van der Waals surface area (Å²) in [6, 6.07) is 6.32. The molecule has 1 atom stereocenters. The highest BCUT2D eigenvalue weighted by molar-refractivity contribution is 5.37. The molecule has 1 aromatic carbocycles. The summed E-state index contributed by atoms with van der Waals surface area (Å²) in [5.41, 5.74) is 2.65. The molecule has 1 heterocycles. The number of phenols is 1. The van der Waals surface area contributed by atoms with Crippen LogP contribution >= 0.6 is 0 Å². The summed E-state index contributed by atoms with van der Waals surface area (Å²) in [6.07, 6.45) is 2.48. The van der Waals surface area contributed by atoms with E-state index in [9.17, 15) is 5.11 Å². The second kappa shape index (κ2) is 4.93. The van der Waals surface area contributed by atoms with Gasteiger partial charge in [0.25, 0.3) is 0 Å². The van der Waals surface area contributed by atoms with E-state index in [4.69, 9.17) is 0 Å². The van der Waals surface area contributed by atoms with Crippen molar-refractivity contribution in [3.63, 3.8) is 0 Å². The van der Waals surface area contributed by atoms with Crippen molar-refractivity contribution in [3.05, 3.63) is 29.3 Å². The number of hydrogen-bond donors (Lipinski definition) is 1. The highest BCUT2D eigenvalue weighted by Gasteiger charge is 2.28. The van der Waals surface area contributed by atoms with Crippen LogP contribution in [0, 0.1) is 12.3 Å². The molecule has 2 rings (SSSR count). The predicted octanol–water partition coefficient (Wildman–Crippen LogP) is 3.88. The minimum absolute atomic E-state index is 0.307. The summed E-state index contributed by atoms with van der Waals surface area (Å²) in [7, 11) is 0. The van der Waals surface area contributed by atoms with Gasteiger partial charge in [0, 0.05) is 11.6 Å². The maximum atomic E-state index is 10.1. The molecule has 1 fully saturated rings. The first-order chi connectivity index (χ1) is 8.39. The van der Waals surface area contributed by atoms with E-state index >= 15 is 0 Å². The van der Waals surface area contributed by atoms with Gasteiger partial charge in [0.15, 0.2) is 0 Å². The van der Waals surface area contributed by atoms with Crippen molar-refractivity contribution >= 4 is 0 Å². The Morgan fingerprint density at radius 2 is 1.83 bits per heavy atom. The first kappa shape index (κ1) is 13.4. The zero-order valence-electron chi connectivity index (χ0n) is 12.0. The molecule has 2 nitrogen and oxygen atoms in total. The smallest absolute Gasteiger partial charge is 0.120 e. The number of rotatable bonds is 2. The van der Waals surface area contributed by atoms with Gasteiger partial charge in [-0.2, -0.15) is 0 Å². The molecule has 18 heavy (non-hydrogen) atoms. The first-order valence-corrected chi connectivity index (χ1v) is 6.93. The monoisotopic (exact) mass is 247 g/mol. The molecule has 1 aromatic rings. The van der Waals surface area contributed by atoms with Crippen molar-refractivity contribution < 1.29 is 5.11 Å². The van der Waals surface area contributed by atoms with Gasteiger partial charge in [-0.15, -0.1) is 0 Å². The molecule has 1 N–H and O–H groups in total. The maximum absolute atomic E-state index is 10.1. The van der Waals surface area contributed by atoms with Crippen molar-refractivity contribution in [2.75, 3.05) is 13.1 Å². The van der Waals surface area contributed by atoms with Crippen molar-refractivity contribution in [2.45, 2.75) is 46.6 Å². The zero-order chi connectivity index (χ0) is 13.3. The highest BCUT2D eigenvalue weighted by atomic mass is 16.3. The van der Waals surface area contributed by atoms with Crippen LogP contribution in [-0.4, -0.2) is 23.1 Å². The summed E-state index contributed by atoms with van der Waals surface area (Å²) < 4.78 is 0. The van der Waals surface area contributed by atoms with E-state index in [1.807, 2.05) is 13.0 Å². The Kier molecular flexibility index (Phi) is 3.67. The van der Waals surface area contributed by atoms with Gasteiger partial charge >= 0.3 is 0 Å². The lowest BCUT2D eigenvalue weighted by molar-refractivity contribution is 0.0994. The molecular formula is C16H25NO. The Labute approximate surface area is 111 Å². The minimum Gasteiger partial charge on any atom is -0.508 e. The fourth-order valence-corrected chi connectivity index (χ4v) is 2.72.